The highest BCUT2D eigenvalue weighted by molar-refractivity contribution is 5.73. The van der Waals surface area contributed by atoms with Crippen LogP contribution in [0.5, 0.6) is 23.0 Å². The first-order valence-corrected chi connectivity index (χ1v) is 8.03. The van der Waals surface area contributed by atoms with Crippen LogP contribution in [0.1, 0.15) is 19.3 Å². The molecule has 0 bridgehead atoms. The Kier molecular flexibility index (Phi) is 4.92. The Labute approximate surface area is 143 Å². The Hall–Kier alpha value is -2.57. The number of para-hydroxylation sites is 1. The van der Waals surface area contributed by atoms with Crippen LogP contribution in [0.3, 0.4) is 0 Å². The maximum Gasteiger partial charge on any atom is 0.573 e. The van der Waals surface area contributed by atoms with Gasteiger partial charge in [-0.1, -0.05) is 18.2 Å². The number of hydrogen-bond donors (Lipinski definition) is 1. The molecule has 7 heteroatoms. The molecule has 0 unspecified atom stereocenters. The molecule has 1 aliphatic rings. The van der Waals surface area contributed by atoms with E-state index in [9.17, 15) is 18.3 Å². The van der Waals surface area contributed by atoms with Gasteiger partial charge in [-0.25, -0.2) is 0 Å². The van der Waals surface area contributed by atoms with Crippen molar-refractivity contribution in [3.8, 4) is 23.0 Å². The van der Waals surface area contributed by atoms with Gasteiger partial charge in [0.2, 0.25) is 0 Å². The molecule has 1 fully saturated rings. The van der Waals surface area contributed by atoms with Gasteiger partial charge in [-0.2, -0.15) is 0 Å². The molecule has 0 aromatic heterocycles. The molecule has 0 aliphatic carbocycles. The first kappa shape index (κ1) is 17.3. The minimum atomic E-state index is -4.86. The van der Waals surface area contributed by atoms with Crippen LogP contribution in [0.15, 0.2) is 42.5 Å². The molecular weight excluding hydrogens is 335 g/mol. The Morgan fingerprint density at radius 2 is 1.60 bits per heavy atom. The van der Waals surface area contributed by atoms with Crippen molar-refractivity contribution in [2.45, 2.75) is 25.6 Å². The molecule has 0 amide bonds. The summed E-state index contributed by atoms with van der Waals surface area (Å²) in [6.07, 6.45) is -2.01. The maximum atomic E-state index is 12.8. The van der Waals surface area contributed by atoms with Crippen LogP contribution in [0.25, 0.3) is 0 Å². The molecule has 1 N–H and O–H groups in total. The summed E-state index contributed by atoms with van der Waals surface area (Å²) in [7, 11) is 0. The summed E-state index contributed by atoms with van der Waals surface area (Å²) >= 11 is 0. The minimum Gasteiger partial charge on any atom is -0.506 e. The molecule has 0 spiro atoms. The van der Waals surface area contributed by atoms with Gasteiger partial charge in [0.25, 0.3) is 0 Å². The number of benzene rings is 2. The second-order valence-electron chi connectivity index (χ2n) is 5.77. The number of aromatic hydroxyl groups is 1. The number of alkyl halides is 3. The number of halogens is 3. The third-order valence-corrected chi connectivity index (χ3v) is 3.94. The summed E-state index contributed by atoms with van der Waals surface area (Å²) in [6.45, 7) is 1.27. The first-order chi connectivity index (χ1) is 11.9. The third-order valence-electron chi connectivity index (χ3n) is 3.94. The van der Waals surface area contributed by atoms with E-state index in [4.69, 9.17) is 4.74 Å². The van der Waals surface area contributed by atoms with E-state index in [0.717, 1.165) is 25.3 Å². The molecule has 2 aromatic carbocycles. The van der Waals surface area contributed by atoms with Crippen molar-refractivity contribution in [2.75, 3.05) is 18.0 Å². The lowest BCUT2D eigenvalue weighted by Crippen LogP contribution is -2.30. The lowest BCUT2D eigenvalue weighted by molar-refractivity contribution is -0.275. The zero-order valence-electron chi connectivity index (χ0n) is 13.4. The topological polar surface area (TPSA) is 41.9 Å². The smallest absolute Gasteiger partial charge is 0.506 e. The standard InChI is InChI=1S/C18H18F3NO3/c19-18(20,21)25-15-10-9-14(23)16(22-11-5-2-6-12-22)17(15)24-13-7-3-1-4-8-13/h1,3-4,7-10,23H,2,5-6,11-12H2. The van der Waals surface area contributed by atoms with Crippen molar-refractivity contribution < 1.29 is 27.8 Å². The van der Waals surface area contributed by atoms with Gasteiger partial charge in [0.15, 0.2) is 11.5 Å². The van der Waals surface area contributed by atoms with Crippen LogP contribution in [0, 0.1) is 0 Å². The quantitative estimate of drug-likeness (QED) is 0.833. The normalized spacial score (nSPS) is 15.1. The number of piperidine rings is 1. The van der Waals surface area contributed by atoms with Gasteiger partial charge in [-0.15, -0.1) is 13.2 Å². The number of anilines is 1. The second kappa shape index (κ2) is 7.13. The molecule has 1 heterocycles. The van der Waals surface area contributed by atoms with Crippen molar-refractivity contribution >= 4 is 5.69 Å². The molecule has 1 saturated heterocycles. The second-order valence-corrected chi connectivity index (χ2v) is 5.77. The number of rotatable bonds is 4. The van der Waals surface area contributed by atoms with Crippen molar-refractivity contribution in [3.63, 3.8) is 0 Å². The molecule has 4 nitrogen and oxygen atoms in total. The van der Waals surface area contributed by atoms with E-state index in [1.807, 2.05) is 4.90 Å². The van der Waals surface area contributed by atoms with Crippen LogP contribution >= 0.6 is 0 Å². The number of nitrogens with zero attached hydrogens (tertiary/aromatic N) is 1. The summed E-state index contributed by atoms with van der Waals surface area (Å²) < 4.78 is 48.2. The zero-order valence-corrected chi connectivity index (χ0v) is 13.4. The Bertz CT molecular complexity index is 713. The molecule has 0 saturated carbocycles. The Morgan fingerprint density at radius 1 is 0.920 bits per heavy atom. The lowest BCUT2D eigenvalue weighted by Gasteiger charge is -2.31. The van der Waals surface area contributed by atoms with Crippen LogP contribution in [0.2, 0.25) is 0 Å². The van der Waals surface area contributed by atoms with Crippen LogP contribution in [-0.2, 0) is 0 Å². The number of phenols is 1. The SMILES string of the molecule is Oc1ccc(OC(F)(F)F)c(Oc2ccccc2)c1N1CCCCC1. The van der Waals surface area contributed by atoms with Crippen molar-refractivity contribution in [2.24, 2.45) is 0 Å². The molecular formula is C18H18F3NO3. The highest BCUT2D eigenvalue weighted by Crippen LogP contribution is 2.48. The molecule has 2 aromatic rings. The number of ether oxygens (including phenoxy) is 2. The molecule has 0 radical (unpaired) electrons. The molecule has 0 atom stereocenters. The Balaban J connectivity index is 2.06. The fourth-order valence-corrected chi connectivity index (χ4v) is 2.88. The van der Waals surface area contributed by atoms with Gasteiger partial charge in [-0.05, 0) is 43.5 Å². The highest BCUT2D eigenvalue weighted by atomic mass is 19.4. The third kappa shape index (κ3) is 4.29. The van der Waals surface area contributed by atoms with E-state index in [-0.39, 0.29) is 17.2 Å². The minimum absolute atomic E-state index is 0.134. The van der Waals surface area contributed by atoms with Crippen LogP contribution < -0.4 is 14.4 Å². The maximum absolute atomic E-state index is 12.8. The summed E-state index contributed by atoms with van der Waals surface area (Å²) in [5.41, 5.74) is 0.227. The average Bonchev–Trinajstić information content (AvgIpc) is 2.58. The number of phenolic OH excluding ortho intramolecular Hbond substituents is 1. The molecule has 1 aliphatic heterocycles. The summed E-state index contributed by atoms with van der Waals surface area (Å²) in [5.74, 6) is -0.388. The van der Waals surface area contributed by atoms with E-state index in [0.29, 0.717) is 18.8 Å². The van der Waals surface area contributed by atoms with E-state index < -0.39 is 12.1 Å². The van der Waals surface area contributed by atoms with Gasteiger partial charge in [0.05, 0.1) is 0 Å². The largest absolute Gasteiger partial charge is 0.573 e. The van der Waals surface area contributed by atoms with Crippen molar-refractivity contribution in [1.29, 1.82) is 0 Å². The highest BCUT2D eigenvalue weighted by Gasteiger charge is 2.34. The lowest BCUT2D eigenvalue weighted by atomic mass is 10.1. The monoisotopic (exact) mass is 353 g/mol. The van der Waals surface area contributed by atoms with Crippen LogP contribution in [-0.4, -0.2) is 24.6 Å². The molecule has 25 heavy (non-hydrogen) atoms. The Morgan fingerprint density at radius 3 is 2.24 bits per heavy atom. The van der Waals surface area contributed by atoms with E-state index in [2.05, 4.69) is 4.74 Å². The average molecular weight is 353 g/mol. The van der Waals surface area contributed by atoms with E-state index >= 15 is 0 Å². The fraction of sp³-hybridized carbons (Fsp3) is 0.333. The van der Waals surface area contributed by atoms with Gasteiger partial charge in [0, 0.05) is 13.1 Å². The molecule has 134 valence electrons. The van der Waals surface area contributed by atoms with Crippen LogP contribution in [0.4, 0.5) is 18.9 Å². The zero-order chi connectivity index (χ0) is 17.9. The van der Waals surface area contributed by atoms with Crippen molar-refractivity contribution in [3.05, 3.63) is 42.5 Å². The predicted molar refractivity (Wildman–Crippen MR) is 87.4 cm³/mol. The van der Waals surface area contributed by atoms with E-state index in [1.54, 1.807) is 30.3 Å². The number of hydrogen-bond acceptors (Lipinski definition) is 4. The van der Waals surface area contributed by atoms with Gasteiger partial charge in [0.1, 0.15) is 17.2 Å². The van der Waals surface area contributed by atoms with Gasteiger partial charge < -0.3 is 19.5 Å². The predicted octanol–water partition coefficient (Wildman–Crippen LogP) is 5.07. The summed E-state index contributed by atoms with van der Waals surface area (Å²) in [5, 5.41) is 10.3. The summed E-state index contributed by atoms with van der Waals surface area (Å²) in [4.78, 5) is 1.83. The fourth-order valence-electron chi connectivity index (χ4n) is 2.88. The summed E-state index contributed by atoms with van der Waals surface area (Å²) in [6, 6.07) is 10.7. The van der Waals surface area contributed by atoms with Gasteiger partial charge in [-0.3, -0.25) is 0 Å². The first-order valence-electron chi connectivity index (χ1n) is 8.03. The van der Waals surface area contributed by atoms with E-state index in [1.165, 1.54) is 6.07 Å². The van der Waals surface area contributed by atoms with Crippen molar-refractivity contribution in [1.82, 2.24) is 0 Å². The molecule has 3 rings (SSSR count). The van der Waals surface area contributed by atoms with Gasteiger partial charge >= 0.3 is 6.36 Å².